The lowest BCUT2D eigenvalue weighted by molar-refractivity contribution is -0.146. The number of carbonyl (C=O) groups is 1. The average molecular weight is 468 g/mol. The van der Waals surface area contributed by atoms with Crippen molar-refractivity contribution in [2.24, 2.45) is 0 Å². The average Bonchev–Trinajstić information content (AvgIpc) is 3.33. The summed E-state index contributed by atoms with van der Waals surface area (Å²) in [6.07, 6.45) is 1.59. The van der Waals surface area contributed by atoms with E-state index >= 15 is 0 Å². The first-order valence-electron chi connectivity index (χ1n) is 12.9. The molecule has 1 aliphatic carbocycles. The molecule has 0 spiro atoms. The van der Waals surface area contributed by atoms with E-state index in [9.17, 15) is 4.79 Å². The van der Waals surface area contributed by atoms with Crippen molar-refractivity contribution in [1.29, 1.82) is 0 Å². The number of piperazine rings is 1. The minimum absolute atomic E-state index is 0.0312. The van der Waals surface area contributed by atoms with E-state index in [1.807, 2.05) is 18.0 Å². The van der Waals surface area contributed by atoms with E-state index < -0.39 is 5.54 Å². The number of hydrogen-bond acceptors (Lipinski definition) is 3. The smallest absolute Gasteiger partial charge is 0.244 e. The monoisotopic (exact) mass is 467 g/mol. The first-order valence-corrected chi connectivity index (χ1v) is 12.9. The van der Waals surface area contributed by atoms with Crippen molar-refractivity contribution in [1.82, 2.24) is 14.7 Å². The normalized spacial score (nSPS) is 19.6. The maximum absolute atomic E-state index is 14.4. The van der Waals surface area contributed by atoms with Gasteiger partial charge in [-0.15, -0.1) is 0 Å². The van der Waals surface area contributed by atoms with Gasteiger partial charge >= 0.3 is 0 Å². The van der Waals surface area contributed by atoms with Crippen molar-refractivity contribution in [2.45, 2.75) is 44.3 Å². The van der Waals surface area contributed by atoms with Crippen LogP contribution in [0.2, 0.25) is 0 Å². The first-order chi connectivity index (χ1) is 17.0. The van der Waals surface area contributed by atoms with Crippen LogP contribution in [0.4, 0.5) is 0 Å². The molecule has 0 radical (unpaired) electrons. The zero-order valence-electron chi connectivity index (χ0n) is 21.2. The summed E-state index contributed by atoms with van der Waals surface area (Å²) in [7, 11) is 1.98. The third-order valence-corrected chi connectivity index (χ3v) is 8.41. The number of amides is 1. The van der Waals surface area contributed by atoms with Gasteiger partial charge in [0.05, 0.1) is 6.04 Å². The zero-order chi connectivity index (χ0) is 24.4. The molecule has 3 aromatic carbocycles. The number of nitrogens with zero attached hydrogens (tertiary/aromatic N) is 3. The van der Waals surface area contributed by atoms with Crippen LogP contribution in [0, 0.1) is 0 Å². The molecule has 1 aliphatic heterocycles. The van der Waals surface area contributed by atoms with E-state index in [0.717, 1.165) is 39.0 Å². The fourth-order valence-electron chi connectivity index (χ4n) is 6.04. The summed E-state index contributed by atoms with van der Waals surface area (Å²) in [6.45, 7) is 8.20. The van der Waals surface area contributed by atoms with Gasteiger partial charge in [-0.1, -0.05) is 84.9 Å². The Morgan fingerprint density at radius 1 is 0.743 bits per heavy atom. The SMILES string of the molecule is C[C@@H](c1ccccc1)N1CCN(C2(C(=O)N(C)[C@@H](C)c3ccccc3)Cc3ccccc3C2)CC1. The lowest BCUT2D eigenvalue weighted by Crippen LogP contribution is -2.64. The highest BCUT2D eigenvalue weighted by molar-refractivity contribution is 5.88. The first kappa shape index (κ1) is 23.8. The zero-order valence-corrected chi connectivity index (χ0v) is 21.2. The molecule has 0 saturated carbocycles. The second kappa shape index (κ2) is 9.96. The van der Waals surface area contributed by atoms with Gasteiger partial charge < -0.3 is 4.90 Å². The summed E-state index contributed by atoms with van der Waals surface area (Å²) in [5.41, 5.74) is 4.67. The quantitative estimate of drug-likeness (QED) is 0.503. The number of fused-ring (bicyclic) bond motifs is 1. The molecular weight excluding hydrogens is 430 g/mol. The molecule has 1 amide bonds. The maximum Gasteiger partial charge on any atom is 0.244 e. The highest BCUT2D eigenvalue weighted by Gasteiger charge is 2.50. The Morgan fingerprint density at radius 2 is 1.23 bits per heavy atom. The van der Waals surface area contributed by atoms with Crippen LogP contribution < -0.4 is 0 Å². The Labute approximate surface area is 210 Å². The molecule has 1 saturated heterocycles. The molecule has 2 aliphatic rings. The van der Waals surface area contributed by atoms with Gasteiger partial charge in [-0.25, -0.2) is 0 Å². The molecule has 182 valence electrons. The fourth-order valence-corrected chi connectivity index (χ4v) is 6.04. The predicted octanol–water partition coefficient (Wildman–Crippen LogP) is 5.12. The lowest BCUT2D eigenvalue weighted by atomic mass is 9.89. The molecule has 35 heavy (non-hydrogen) atoms. The summed E-state index contributed by atoms with van der Waals surface area (Å²) in [5, 5.41) is 0. The second-order valence-corrected chi connectivity index (χ2v) is 10.3. The van der Waals surface area contributed by atoms with Crippen LogP contribution in [-0.2, 0) is 17.6 Å². The number of carbonyl (C=O) groups excluding carboxylic acids is 1. The predicted molar refractivity (Wildman–Crippen MR) is 142 cm³/mol. The van der Waals surface area contributed by atoms with Crippen LogP contribution >= 0.6 is 0 Å². The van der Waals surface area contributed by atoms with E-state index in [-0.39, 0.29) is 11.9 Å². The summed E-state index contributed by atoms with van der Waals surface area (Å²) < 4.78 is 0. The molecule has 0 bridgehead atoms. The van der Waals surface area contributed by atoms with Crippen molar-refractivity contribution in [3.8, 4) is 0 Å². The highest BCUT2D eigenvalue weighted by atomic mass is 16.2. The molecule has 2 atom stereocenters. The molecule has 0 aromatic heterocycles. The molecule has 4 nitrogen and oxygen atoms in total. The number of likely N-dealkylation sites (N-methyl/N-ethyl adjacent to an activating group) is 1. The summed E-state index contributed by atoms with van der Waals surface area (Å²) in [4.78, 5) is 21.4. The van der Waals surface area contributed by atoms with Crippen LogP contribution in [0.15, 0.2) is 84.9 Å². The van der Waals surface area contributed by atoms with Gasteiger partial charge in [-0.05, 0) is 36.1 Å². The van der Waals surface area contributed by atoms with Crippen molar-refractivity contribution in [3.63, 3.8) is 0 Å². The van der Waals surface area contributed by atoms with E-state index in [1.165, 1.54) is 22.3 Å². The van der Waals surface area contributed by atoms with Gasteiger partial charge in [0.2, 0.25) is 5.91 Å². The van der Waals surface area contributed by atoms with Crippen molar-refractivity contribution >= 4 is 5.91 Å². The Hall–Kier alpha value is -2.95. The van der Waals surface area contributed by atoms with E-state index in [0.29, 0.717) is 6.04 Å². The molecule has 1 heterocycles. The number of hydrogen-bond donors (Lipinski definition) is 0. The molecule has 4 heteroatoms. The molecule has 1 fully saturated rings. The Bertz CT molecular complexity index is 1110. The largest absolute Gasteiger partial charge is 0.337 e. The standard InChI is InChI=1S/C31H37N3O/c1-24(26-12-6-4-7-13-26)32(3)30(35)31(22-28-16-10-11-17-29(28)23-31)34-20-18-33(19-21-34)25(2)27-14-8-5-9-15-27/h4-17,24-25H,18-23H2,1-3H3/t24-,25-/m0/s1. The van der Waals surface area contributed by atoms with Gasteiger partial charge in [0, 0.05) is 52.1 Å². The molecule has 3 aromatic rings. The molecular formula is C31H37N3O. The van der Waals surface area contributed by atoms with E-state index in [4.69, 9.17) is 0 Å². The van der Waals surface area contributed by atoms with Crippen LogP contribution in [0.3, 0.4) is 0 Å². The summed E-state index contributed by atoms with van der Waals surface area (Å²) in [5.74, 6) is 0.245. The summed E-state index contributed by atoms with van der Waals surface area (Å²) >= 11 is 0. The van der Waals surface area contributed by atoms with Crippen molar-refractivity contribution in [3.05, 3.63) is 107 Å². The summed E-state index contributed by atoms with van der Waals surface area (Å²) in [6, 6.07) is 30.2. The van der Waals surface area contributed by atoms with Crippen LogP contribution in [0.5, 0.6) is 0 Å². The van der Waals surface area contributed by atoms with Gasteiger partial charge in [0.25, 0.3) is 0 Å². The Balaban J connectivity index is 1.38. The van der Waals surface area contributed by atoms with Gasteiger partial charge in [0.1, 0.15) is 5.54 Å². The molecule has 0 N–H and O–H groups in total. The highest BCUT2D eigenvalue weighted by Crippen LogP contribution is 2.38. The van der Waals surface area contributed by atoms with Crippen LogP contribution in [-0.4, -0.2) is 59.4 Å². The Kier molecular flexibility index (Phi) is 6.77. The van der Waals surface area contributed by atoms with E-state index in [2.05, 4.69) is 103 Å². The number of rotatable bonds is 6. The topological polar surface area (TPSA) is 26.8 Å². The number of benzene rings is 3. The molecule has 5 rings (SSSR count). The lowest BCUT2D eigenvalue weighted by Gasteiger charge is -2.48. The second-order valence-electron chi connectivity index (χ2n) is 10.3. The minimum atomic E-state index is -0.510. The Morgan fingerprint density at radius 3 is 1.77 bits per heavy atom. The van der Waals surface area contributed by atoms with Crippen LogP contribution in [0.25, 0.3) is 0 Å². The van der Waals surface area contributed by atoms with Crippen molar-refractivity contribution < 1.29 is 4.79 Å². The third-order valence-electron chi connectivity index (χ3n) is 8.41. The van der Waals surface area contributed by atoms with Gasteiger partial charge in [-0.3, -0.25) is 14.6 Å². The maximum atomic E-state index is 14.4. The molecule has 0 unspecified atom stereocenters. The minimum Gasteiger partial charge on any atom is -0.337 e. The fraction of sp³-hybridized carbons (Fsp3) is 0.387. The van der Waals surface area contributed by atoms with E-state index in [1.54, 1.807) is 0 Å². The van der Waals surface area contributed by atoms with Gasteiger partial charge in [0.15, 0.2) is 0 Å². The van der Waals surface area contributed by atoms with Gasteiger partial charge in [-0.2, -0.15) is 0 Å². The van der Waals surface area contributed by atoms with Crippen molar-refractivity contribution in [2.75, 3.05) is 33.2 Å². The third kappa shape index (κ3) is 4.53. The van der Waals surface area contributed by atoms with Crippen LogP contribution in [0.1, 0.15) is 48.2 Å².